The Morgan fingerprint density at radius 1 is 1.08 bits per heavy atom. The van der Waals surface area contributed by atoms with Crippen LogP contribution in [0.5, 0.6) is 11.5 Å². The van der Waals surface area contributed by atoms with Gasteiger partial charge in [0.15, 0.2) is 17.3 Å². The third-order valence-corrected chi connectivity index (χ3v) is 6.65. The molecule has 1 fully saturated rings. The van der Waals surface area contributed by atoms with E-state index in [0.717, 1.165) is 26.2 Å². The minimum absolute atomic E-state index is 0.0195. The second kappa shape index (κ2) is 13.3. The molecule has 39 heavy (non-hydrogen) atoms. The zero-order chi connectivity index (χ0) is 27.8. The number of methoxy groups -OCH3 is 1. The van der Waals surface area contributed by atoms with Crippen molar-refractivity contribution in [2.45, 2.75) is 19.4 Å². The van der Waals surface area contributed by atoms with Crippen LogP contribution in [0.3, 0.4) is 0 Å². The van der Waals surface area contributed by atoms with Gasteiger partial charge in [0.05, 0.1) is 7.11 Å². The first-order valence-corrected chi connectivity index (χ1v) is 13.0. The van der Waals surface area contributed by atoms with E-state index in [2.05, 4.69) is 39.1 Å². The van der Waals surface area contributed by atoms with E-state index < -0.39 is 0 Å². The summed E-state index contributed by atoms with van der Waals surface area (Å²) in [6.45, 7) is 5.24. The Labute approximate surface area is 227 Å². The van der Waals surface area contributed by atoms with E-state index in [1.54, 1.807) is 30.3 Å². The van der Waals surface area contributed by atoms with Gasteiger partial charge in [-0.2, -0.15) is 0 Å². The standard InChI is InChI=1S/C28H35FN6O4/c1-33(2)11-12-34-13-15-35(16-14-34)26(36)10-8-23-28(37)30-27(32-31-23)21-7-9-24(25(18-21)38-3)39-19-20-5-4-6-22(29)17-20/h4-7,9,17-18H,8,10-16,19H2,1-3H3,(H,30,32,37). The molecule has 1 aliphatic heterocycles. The number of likely N-dealkylation sites (N-methyl/N-ethyl adjacent to an activating group) is 1. The molecule has 0 bridgehead atoms. The van der Waals surface area contributed by atoms with Crippen LogP contribution in [0.4, 0.5) is 4.39 Å². The van der Waals surface area contributed by atoms with Crippen molar-refractivity contribution in [3.63, 3.8) is 0 Å². The lowest BCUT2D eigenvalue weighted by molar-refractivity contribution is -0.132. The number of carbonyl (C=O) groups excluding carboxylic acids is 1. The molecule has 1 amide bonds. The molecule has 0 spiro atoms. The van der Waals surface area contributed by atoms with Gasteiger partial charge in [-0.25, -0.2) is 4.39 Å². The van der Waals surface area contributed by atoms with Crippen molar-refractivity contribution in [3.05, 3.63) is 69.9 Å². The number of hydrogen-bond acceptors (Lipinski definition) is 8. The molecular formula is C28H35FN6O4. The second-order valence-electron chi connectivity index (χ2n) is 9.76. The number of halogens is 1. The van der Waals surface area contributed by atoms with Crippen molar-refractivity contribution < 1.29 is 18.7 Å². The van der Waals surface area contributed by atoms with Gasteiger partial charge < -0.3 is 24.3 Å². The Morgan fingerprint density at radius 2 is 1.87 bits per heavy atom. The number of piperazine rings is 1. The summed E-state index contributed by atoms with van der Waals surface area (Å²) >= 11 is 0. The van der Waals surface area contributed by atoms with Gasteiger partial charge >= 0.3 is 0 Å². The lowest BCUT2D eigenvalue weighted by Crippen LogP contribution is -2.50. The molecule has 2 aromatic carbocycles. The first-order chi connectivity index (χ1) is 18.8. The summed E-state index contributed by atoms with van der Waals surface area (Å²) in [5, 5.41) is 8.28. The average Bonchev–Trinajstić information content (AvgIpc) is 2.94. The molecule has 0 aliphatic carbocycles. The van der Waals surface area contributed by atoms with Gasteiger partial charge in [-0.15, -0.1) is 10.2 Å². The van der Waals surface area contributed by atoms with E-state index >= 15 is 0 Å². The van der Waals surface area contributed by atoms with Crippen molar-refractivity contribution in [2.24, 2.45) is 0 Å². The van der Waals surface area contributed by atoms with Gasteiger partial charge in [-0.05, 0) is 50.0 Å². The minimum Gasteiger partial charge on any atom is -0.493 e. The van der Waals surface area contributed by atoms with Crippen LogP contribution in [0.15, 0.2) is 47.3 Å². The molecule has 1 N–H and O–H groups in total. The molecular weight excluding hydrogens is 503 g/mol. The monoisotopic (exact) mass is 538 g/mol. The van der Waals surface area contributed by atoms with Crippen LogP contribution in [0.2, 0.25) is 0 Å². The first kappa shape index (κ1) is 28.2. The summed E-state index contributed by atoms with van der Waals surface area (Å²) in [6.07, 6.45) is 0.429. The zero-order valence-electron chi connectivity index (χ0n) is 22.7. The fourth-order valence-electron chi connectivity index (χ4n) is 4.32. The van der Waals surface area contributed by atoms with Gasteiger partial charge in [-0.1, -0.05) is 12.1 Å². The topological polar surface area (TPSA) is 104 Å². The fourth-order valence-corrected chi connectivity index (χ4v) is 4.32. The molecule has 3 aromatic rings. The van der Waals surface area contributed by atoms with Crippen molar-refractivity contribution >= 4 is 5.91 Å². The number of nitrogens with zero attached hydrogens (tertiary/aromatic N) is 5. The van der Waals surface area contributed by atoms with Gasteiger partial charge in [0.1, 0.15) is 18.1 Å². The summed E-state index contributed by atoms with van der Waals surface area (Å²) in [5.74, 6) is 0.866. The second-order valence-corrected chi connectivity index (χ2v) is 9.76. The molecule has 2 heterocycles. The maximum Gasteiger partial charge on any atom is 0.273 e. The van der Waals surface area contributed by atoms with Crippen LogP contribution in [0.25, 0.3) is 11.4 Å². The van der Waals surface area contributed by atoms with Crippen molar-refractivity contribution in [3.8, 4) is 22.9 Å². The number of amides is 1. The maximum absolute atomic E-state index is 13.4. The van der Waals surface area contributed by atoms with E-state index in [-0.39, 0.29) is 48.3 Å². The number of benzene rings is 2. The molecule has 0 saturated carbocycles. The smallest absolute Gasteiger partial charge is 0.273 e. The Bertz CT molecular complexity index is 1320. The van der Waals surface area contributed by atoms with E-state index in [0.29, 0.717) is 35.7 Å². The zero-order valence-corrected chi connectivity index (χ0v) is 22.7. The molecule has 4 rings (SSSR count). The molecule has 1 aromatic heterocycles. The Kier molecular flexibility index (Phi) is 9.61. The largest absolute Gasteiger partial charge is 0.493 e. The Hall–Kier alpha value is -3.83. The molecule has 0 unspecified atom stereocenters. The van der Waals surface area contributed by atoms with Gasteiger partial charge in [0.25, 0.3) is 5.56 Å². The number of aromatic amines is 1. The predicted octanol–water partition coefficient (Wildman–Crippen LogP) is 2.20. The number of rotatable bonds is 11. The summed E-state index contributed by atoms with van der Waals surface area (Å²) in [6, 6.07) is 11.3. The van der Waals surface area contributed by atoms with Crippen LogP contribution < -0.4 is 15.0 Å². The van der Waals surface area contributed by atoms with E-state index in [1.807, 2.05) is 4.90 Å². The van der Waals surface area contributed by atoms with Gasteiger partial charge in [0, 0.05) is 57.7 Å². The molecule has 10 nitrogen and oxygen atoms in total. The van der Waals surface area contributed by atoms with E-state index in [9.17, 15) is 14.0 Å². The summed E-state index contributed by atoms with van der Waals surface area (Å²) in [4.78, 5) is 34.5. The summed E-state index contributed by atoms with van der Waals surface area (Å²) < 4.78 is 24.7. The number of carbonyl (C=O) groups is 1. The number of H-pyrrole nitrogens is 1. The van der Waals surface area contributed by atoms with Crippen molar-refractivity contribution in [2.75, 3.05) is 60.5 Å². The van der Waals surface area contributed by atoms with Crippen molar-refractivity contribution in [1.82, 2.24) is 29.9 Å². The highest BCUT2D eigenvalue weighted by Crippen LogP contribution is 2.31. The molecule has 1 aliphatic rings. The highest BCUT2D eigenvalue weighted by atomic mass is 19.1. The maximum atomic E-state index is 13.4. The third kappa shape index (κ3) is 7.84. The number of aromatic nitrogens is 3. The molecule has 0 radical (unpaired) electrons. The molecule has 1 saturated heterocycles. The van der Waals surface area contributed by atoms with Crippen LogP contribution in [0.1, 0.15) is 17.7 Å². The average molecular weight is 539 g/mol. The summed E-state index contributed by atoms with van der Waals surface area (Å²) in [5.41, 5.74) is 1.11. The van der Waals surface area contributed by atoms with Gasteiger partial charge in [0.2, 0.25) is 5.91 Å². The predicted molar refractivity (Wildman–Crippen MR) is 145 cm³/mol. The number of nitrogens with one attached hydrogen (secondary N) is 1. The molecule has 0 atom stereocenters. The number of aryl methyl sites for hydroxylation is 1. The minimum atomic E-state index is -0.383. The van der Waals surface area contributed by atoms with Crippen LogP contribution in [-0.4, -0.2) is 96.3 Å². The quantitative estimate of drug-likeness (QED) is 0.396. The lowest BCUT2D eigenvalue weighted by Gasteiger charge is -2.35. The fraction of sp³-hybridized carbons (Fsp3) is 0.429. The summed E-state index contributed by atoms with van der Waals surface area (Å²) in [7, 11) is 5.61. The SMILES string of the molecule is COc1cc(-c2nnc(CCC(=O)N3CCN(CCN(C)C)CC3)c(=O)[nH]2)ccc1OCc1cccc(F)c1. The lowest BCUT2D eigenvalue weighted by atomic mass is 10.1. The molecule has 208 valence electrons. The van der Waals surface area contributed by atoms with Crippen molar-refractivity contribution in [1.29, 1.82) is 0 Å². The van der Waals surface area contributed by atoms with E-state index in [4.69, 9.17) is 9.47 Å². The Morgan fingerprint density at radius 3 is 2.56 bits per heavy atom. The highest BCUT2D eigenvalue weighted by Gasteiger charge is 2.21. The Balaban J connectivity index is 1.33. The van der Waals surface area contributed by atoms with Crippen LogP contribution in [0, 0.1) is 5.82 Å². The van der Waals surface area contributed by atoms with Gasteiger partial charge in [-0.3, -0.25) is 14.5 Å². The number of ether oxygens (including phenoxy) is 2. The highest BCUT2D eigenvalue weighted by molar-refractivity contribution is 5.76. The number of hydrogen-bond donors (Lipinski definition) is 1. The van der Waals surface area contributed by atoms with E-state index in [1.165, 1.54) is 19.2 Å². The van der Waals surface area contributed by atoms with Crippen LogP contribution >= 0.6 is 0 Å². The normalized spacial score (nSPS) is 14.0. The third-order valence-electron chi connectivity index (χ3n) is 6.65. The first-order valence-electron chi connectivity index (χ1n) is 13.0. The van der Waals surface area contributed by atoms with Crippen LogP contribution in [-0.2, 0) is 17.8 Å². The molecule has 11 heteroatoms.